The lowest BCUT2D eigenvalue weighted by molar-refractivity contribution is 0.471. The largest absolute Gasteiger partial charge is 0.458 e. The first-order valence-electron chi connectivity index (χ1n) is 5.12. The van der Waals surface area contributed by atoms with E-state index >= 15 is 0 Å². The van der Waals surface area contributed by atoms with Gasteiger partial charge in [-0.25, -0.2) is 4.98 Å². The van der Waals surface area contributed by atoms with Crippen molar-refractivity contribution in [3.05, 3.63) is 29.1 Å². The van der Waals surface area contributed by atoms with Gasteiger partial charge in [-0.3, -0.25) is 0 Å². The molecule has 3 nitrogen and oxygen atoms in total. The average Bonchev–Trinajstić information content (AvgIpc) is 2.84. The van der Waals surface area contributed by atoms with Crippen molar-refractivity contribution in [1.82, 2.24) is 10.3 Å². The summed E-state index contributed by atoms with van der Waals surface area (Å²) >= 11 is 5.82. The number of aromatic nitrogens is 1. The molecular formula is C11H11ClN2O. The molecule has 0 amide bonds. The molecule has 1 aliphatic rings. The van der Waals surface area contributed by atoms with Gasteiger partial charge in [0.15, 0.2) is 5.58 Å². The van der Waals surface area contributed by atoms with E-state index in [2.05, 4.69) is 10.3 Å². The van der Waals surface area contributed by atoms with Crippen molar-refractivity contribution >= 4 is 22.7 Å². The molecule has 1 fully saturated rings. The number of fused-ring (bicyclic) bond motifs is 1. The second kappa shape index (κ2) is 3.51. The Labute approximate surface area is 92.4 Å². The third kappa shape index (κ3) is 1.62. The summed E-state index contributed by atoms with van der Waals surface area (Å²) in [6.45, 7) is 1.07. The van der Waals surface area contributed by atoms with E-state index in [0.29, 0.717) is 11.2 Å². The highest BCUT2D eigenvalue weighted by Gasteiger charge is 2.20. The van der Waals surface area contributed by atoms with E-state index in [4.69, 9.17) is 16.0 Å². The van der Waals surface area contributed by atoms with Gasteiger partial charge in [0.05, 0.1) is 6.04 Å². The van der Waals surface area contributed by atoms with Gasteiger partial charge in [0, 0.05) is 6.07 Å². The zero-order valence-electron chi connectivity index (χ0n) is 8.16. The number of nitrogens with one attached hydrogen (secondary N) is 1. The topological polar surface area (TPSA) is 38.1 Å². The lowest BCUT2D eigenvalue weighted by atomic mass is 10.2. The van der Waals surface area contributed by atoms with Crippen molar-refractivity contribution in [2.45, 2.75) is 18.9 Å². The van der Waals surface area contributed by atoms with Gasteiger partial charge in [-0.2, -0.15) is 0 Å². The van der Waals surface area contributed by atoms with Gasteiger partial charge in [0.25, 0.3) is 0 Å². The molecule has 15 heavy (non-hydrogen) atoms. The van der Waals surface area contributed by atoms with Crippen LogP contribution in [-0.2, 0) is 0 Å². The fraction of sp³-hybridized carbons (Fsp3) is 0.364. The van der Waals surface area contributed by atoms with Gasteiger partial charge >= 0.3 is 0 Å². The quantitative estimate of drug-likeness (QED) is 0.754. The molecule has 3 heterocycles. The molecule has 4 heteroatoms. The Morgan fingerprint density at radius 3 is 3.20 bits per heavy atom. The molecule has 78 valence electrons. The predicted molar refractivity (Wildman–Crippen MR) is 59.0 cm³/mol. The van der Waals surface area contributed by atoms with E-state index in [9.17, 15) is 0 Å². The fourth-order valence-corrected chi connectivity index (χ4v) is 2.17. The van der Waals surface area contributed by atoms with E-state index in [1.807, 2.05) is 12.1 Å². The zero-order valence-corrected chi connectivity index (χ0v) is 8.92. The van der Waals surface area contributed by atoms with Gasteiger partial charge in [0.2, 0.25) is 0 Å². The van der Waals surface area contributed by atoms with Crippen LogP contribution in [0.4, 0.5) is 0 Å². The van der Waals surface area contributed by atoms with E-state index in [1.54, 1.807) is 6.07 Å². The molecule has 0 radical (unpaired) electrons. The van der Waals surface area contributed by atoms with E-state index < -0.39 is 0 Å². The summed E-state index contributed by atoms with van der Waals surface area (Å²) in [5.74, 6) is 0.970. The number of pyridine rings is 1. The van der Waals surface area contributed by atoms with Crippen LogP contribution in [0.2, 0.25) is 5.15 Å². The molecule has 0 aromatic carbocycles. The van der Waals surface area contributed by atoms with Crippen molar-refractivity contribution in [2.24, 2.45) is 0 Å². The smallest absolute Gasteiger partial charge is 0.152 e. The SMILES string of the molecule is Clc1ccc2oc([C@H]3CCCN3)cc2n1. The van der Waals surface area contributed by atoms with Crippen LogP contribution in [0.1, 0.15) is 24.6 Å². The standard InChI is InChI=1S/C11H11ClN2O/c12-11-4-3-9-8(14-11)6-10(15-9)7-2-1-5-13-7/h3-4,6-7,13H,1-2,5H2/t7-/m1/s1. The summed E-state index contributed by atoms with van der Waals surface area (Å²) in [6, 6.07) is 5.94. The van der Waals surface area contributed by atoms with E-state index in [0.717, 1.165) is 29.8 Å². The van der Waals surface area contributed by atoms with E-state index in [-0.39, 0.29) is 0 Å². The molecule has 0 saturated carbocycles. The zero-order chi connectivity index (χ0) is 10.3. The van der Waals surface area contributed by atoms with Crippen LogP contribution in [0, 0.1) is 0 Å². The molecule has 2 aromatic rings. The summed E-state index contributed by atoms with van der Waals surface area (Å²) in [6.07, 6.45) is 2.34. The van der Waals surface area contributed by atoms with Gasteiger partial charge < -0.3 is 9.73 Å². The average molecular weight is 223 g/mol. The summed E-state index contributed by atoms with van der Waals surface area (Å²) in [7, 11) is 0. The number of halogens is 1. The van der Waals surface area contributed by atoms with Crippen LogP contribution in [0.25, 0.3) is 11.1 Å². The number of hydrogen-bond donors (Lipinski definition) is 1. The van der Waals surface area contributed by atoms with Gasteiger partial charge in [-0.05, 0) is 31.5 Å². The molecule has 1 N–H and O–H groups in total. The molecule has 0 spiro atoms. The maximum atomic E-state index is 5.82. The Bertz CT molecular complexity index is 488. The molecule has 0 aliphatic carbocycles. The van der Waals surface area contributed by atoms with Crippen molar-refractivity contribution in [3.63, 3.8) is 0 Å². The van der Waals surface area contributed by atoms with Crippen LogP contribution in [-0.4, -0.2) is 11.5 Å². The van der Waals surface area contributed by atoms with Crippen LogP contribution in [0.5, 0.6) is 0 Å². The maximum Gasteiger partial charge on any atom is 0.152 e. The molecule has 1 saturated heterocycles. The van der Waals surface area contributed by atoms with Crippen LogP contribution in [0.15, 0.2) is 22.6 Å². The Kier molecular flexibility index (Phi) is 2.15. The Hall–Kier alpha value is -1.06. The third-order valence-corrected chi connectivity index (χ3v) is 2.97. The first-order valence-corrected chi connectivity index (χ1v) is 5.50. The monoisotopic (exact) mass is 222 g/mol. The van der Waals surface area contributed by atoms with Crippen molar-refractivity contribution in [3.8, 4) is 0 Å². The van der Waals surface area contributed by atoms with Crippen molar-refractivity contribution < 1.29 is 4.42 Å². The third-order valence-electron chi connectivity index (χ3n) is 2.76. The highest BCUT2D eigenvalue weighted by Crippen LogP contribution is 2.28. The summed E-state index contributed by atoms with van der Waals surface area (Å²) in [4.78, 5) is 4.21. The minimum absolute atomic E-state index is 0.345. The fourth-order valence-electron chi connectivity index (χ4n) is 2.02. The minimum Gasteiger partial charge on any atom is -0.458 e. The van der Waals surface area contributed by atoms with Crippen molar-refractivity contribution in [1.29, 1.82) is 0 Å². The summed E-state index contributed by atoms with van der Waals surface area (Å²) < 4.78 is 5.72. The number of furan rings is 1. The molecule has 0 unspecified atom stereocenters. The minimum atomic E-state index is 0.345. The number of nitrogens with zero attached hydrogens (tertiary/aromatic N) is 1. The maximum absolute atomic E-state index is 5.82. The Balaban J connectivity index is 2.05. The lowest BCUT2D eigenvalue weighted by Crippen LogP contribution is -2.11. The number of hydrogen-bond acceptors (Lipinski definition) is 3. The first-order chi connectivity index (χ1) is 7.33. The number of rotatable bonds is 1. The molecule has 1 atom stereocenters. The first kappa shape index (κ1) is 9.19. The Morgan fingerprint density at radius 2 is 2.40 bits per heavy atom. The second-order valence-corrected chi connectivity index (χ2v) is 4.20. The van der Waals surface area contributed by atoms with Gasteiger partial charge in [-0.1, -0.05) is 11.6 Å². The van der Waals surface area contributed by atoms with Crippen LogP contribution < -0.4 is 5.32 Å². The molecule has 0 bridgehead atoms. The summed E-state index contributed by atoms with van der Waals surface area (Å²) in [5.41, 5.74) is 1.65. The van der Waals surface area contributed by atoms with Crippen molar-refractivity contribution in [2.75, 3.05) is 6.54 Å². The Morgan fingerprint density at radius 1 is 1.47 bits per heavy atom. The molecule has 2 aromatic heterocycles. The highest BCUT2D eigenvalue weighted by atomic mass is 35.5. The van der Waals surface area contributed by atoms with Crippen LogP contribution >= 0.6 is 11.6 Å². The molecule has 1 aliphatic heterocycles. The second-order valence-electron chi connectivity index (χ2n) is 3.82. The highest BCUT2D eigenvalue weighted by molar-refractivity contribution is 6.29. The predicted octanol–water partition coefficient (Wildman–Crippen LogP) is 2.91. The lowest BCUT2D eigenvalue weighted by Gasteiger charge is -2.04. The molecular weight excluding hydrogens is 212 g/mol. The normalized spacial score (nSPS) is 21.3. The summed E-state index contributed by atoms with van der Waals surface area (Å²) in [5, 5.41) is 3.90. The van der Waals surface area contributed by atoms with E-state index in [1.165, 1.54) is 6.42 Å². The molecule has 3 rings (SSSR count). The van der Waals surface area contributed by atoms with Gasteiger partial charge in [0.1, 0.15) is 16.4 Å². The van der Waals surface area contributed by atoms with Gasteiger partial charge in [-0.15, -0.1) is 0 Å². The van der Waals surface area contributed by atoms with Crippen LogP contribution in [0.3, 0.4) is 0 Å².